The molecular formula is C12H15NO5. The zero-order chi connectivity index (χ0) is 12.8. The van der Waals surface area contributed by atoms with E-state index < -0.39 is 0 Å². The van der Waals surface area contributed by atoms with Gasteiger partial charge >= 0.3 is 0 Å². The van der Waals surface area contributed by atoms with Gasteiger partial charge in [0.05, 0.1) is 19.8 Å². The molecule has 1 aliphatic heterocycles. The molecule has 0 unspecified atom stereocenters. The SMILES string of the molecule is OCCOCCOc1ccc2c(c1)OC/C2=N\O. The van der Waals surface area contributed by atoms with Gasteiger partial charge in [0, 0.05) is 11.6 Å². The van der Waals surface area contributed by atoms with Crippen molar-refractivity contribution < 1.29 is 24.5 Å². The summed E-state index contributed by atoms with van der Waals surface area (Å²) in [5.41, 5.74) is 1.30. The van der Waals surface area contributed by atoms with Crippen LogP contribution in [0.4, 0.5) is 0 Å². The molecule has 0 saturated heterocycles. The molecule has 0 amide bonds. The van der Waals surface area contributed by atoms with Crippen LogP contribution >= 0.6 is 0 Å². The summed E-state index contributed by atoms with van der Waals surface area (Å²) < 4.78 is 15.9. The van der Waals surface area contributed by atoms with Crippen molar-refractivity contribution >= 4 is 5.71 Å². The molecule has 6 heteroatoms. The van der Waals surface area contributed by atoms with Crippen LogP contribution in [0, 0.1) is 0 Å². The van der Waals surface area contributed by atoms with Gasteiger partial charge in [-0.15, -0.1) is 0 Å². The van der Waals surface area contributed by atoms with Gasteiger partial charge in [-0.3, -0.25) is 0 Å². The average molecular weight is 253 g/mol. The second kappa shape index (κ2) is 6.23. The normalized spacial score (nSPS) is 15.5. The maximum absolute atomic E-state index is 8.75. The fourth-order valence-corrected chi connectivity index (χ4v) is 1.64. The van der Waals surface area contributed by atoms with Crippen molar-refractivity contribution in [3.63, 3.8) is 0 Å². The first-order chi connectivity index (χ1) is 8.85. The number of benzene rings is 1. The van der Waals surface area contributed by atoms with Crippen molar-refractivity contribution in [2.75, 3.05) is 33.0 Å². The Labute approximate surface area is 104 Å². The fourth-order valence-electron chi connectivity index (χ4n) is 1.64. The van der Waals surface area contributed by atoms with Crippen molar-refractivity contribution in [2.45, 2.75) is 0 Å². The highest BCUT2D eigenvalue weighted by Crippen LogP contribution is 2.29. The van der Waals surface area contributed by atoms with Gasteiger partial charge in [-0.1, -0.05) is 5.16 Å². The minimum absolute atomic E-state index is 0.00988. The van der Waals surface area contributed by atoms with E-state index in [0.29, 0.717) is 37.0 Å². The minimum atomic E-state index is 0.00988. The van der Waals surface area contributed by atoms with E-state index in [1.54, 1.807) is 18.2 Å². The summed E-state index contributed by atoms with van der Waals surface area (Å²) in [6, 6.07) is 5.32. The molecule has 0 radical (unpaired) electrons. The van der Waals surface area contributed by atoms with Crippen LogP contribution in [-0.4, -0.2) is 49.1 Å². The number of aliphatic hydroxyl groups is 1. The summed E-state index contributed by atoms with van der Waals surface area (Å²) in [7, 11) is 0. The number of rotatable bonds is 6. The van der Waals surface area contributed by atoms with Gasteiger partial charge in [-0.2, -0.15) is 0 Å². The molecule has 1 heterocycles. The van der Waals surface area contributed by atoms with Crippen molar-refractivity contribution in [3.05, 3.63) is 23.8 Å². The lowest BCUT2D eigenvalue weighted by molar-refractivity contribution is 0.0705. The van der Waals surface area contributed by atoms with Gasteiger partial charge in [-0.05, 0) is 12.1 Å². The van der Waals surface area contributed by atoms with E-state index in [9.17, 15) is 0 Å². The highest BCUT2D eigenvalue weighted by molar-refractivity contribution is 6.05. The molecule has 0 fully saturated rings. The van der Waals surface area contributed by atoms with Crippen LogP contribution in [0.25, 0.3) is 0 Å². The number of hydrogen-bond acceptors (Lipinski definition) is 6. The number of oxime groups is 1. The lowest BCUT2D eigenvalue weighted by atomic mass is 10.1. The van der Waals surface area contributed by atoms with Crippen LogP contribution in [0.15, 0.2) is 23.4 Å². The van der Waals surface area contributed by atoms with Gasteiger partial charge < -0.3 is 24.5 Å². The standard InChI is InChI=1S/C12H15NO5/c14-3-4-16-5-6-17-9-1-2-10-11(13-15)8-18-12(10)7-9/h1-2,7,14-15H,3-6,8H2/b13-11+. The Morgan fingerprint density at radius 3 is 2.94 bits per heavy atom. The van der Waals surface area contributed by atoms with E-state index in [4.69, 9.17) is 24.5 Å². The van der Waals surface area contributed by atoms with Gasteiger partial charge in [-0.25, -0.2) is 0 Å². The summed E-state index contributed by atoms with van der Waals surface area (Å²) >= 11 is 0. The lowest BCUT2D eigenvalue weighted by Gasteiger charge is -2.07. The lowest BCUT2D eigenvalue weighted by Crippen LogP contribution is -2.09. The summed E-state index contributed by atoms with van der Waals surface area (Å²) in [5.74, 6) is 1.32. The molecule has 0 aromatic heterocycles. The van der Waals surface area contributed by atoms with E-state index >= 15 is 0 Å². The van der Waals surface area contributed by atoms with E-state index in [2.05, 4.69) is 5.16 Å². The zero-order valence-corrected chi connectivity index (χ0v) is 9.83. The summed E-state index contributed by atoms with van der Waals surface area (Å²) in [4.78, 5) is 0. The molecule has 1 aliphatic rings. The Balaban J connectivity index is 1.88. The Hall–Kier alpha value is -1.79. The van der Waals surface area contributed by atoms with Crippen molar-refractivity contribution in [3.8, 4) is 11.5 Å². The van der Waals surface area contributed by atoms with E-state index in [1.165, 1.54) is 0 Å². The molecular weight excluding hydrogens is 238 g/mol. The van der Waals surface area contributed by atoms with Crippen LogP contribution in [0.2, 0.25) is 0 Å². The second-order valence-electron chi connectivity index (χ2n) is 3.68. The van der Waals surface area contributed by atoms with Gasteiger partial charge in [0.2, 0.25) is 0 Å². The van der Waals surface area contributed by atoms with E-state index in [0.717, 1.165) is 5.56 Å². The van der Waals surface area contributed by atoms with Crippen LogP contribution in [-0.2, 0) is 4.74 Å². The number of nitrogens with zero attached hydrogens (tertiary/aromatic N) is 1. The predicted molar refractivity (Wildman–Crippen MR) is 63.7 cm³/mol. The van der Waals surface area contributed by atoms with E-state index in [1.807, 2.05) is 0 Å². The molecule has 1 aromatic carbocycles. The number of hydrogen-bond donors (Lipinski definition) is 2. The quantitative estimate of drug-likeness (QED) is 0.442. The van der Waals surface area contributed by atoms with Crippen molar-refractivity contribution in [1.82, 2.24) is 0 Å². The number of aliphatic hydroxyl groups excluding tert-OH is 1. The predicted octanol–water partition coefficient (Wildman–Crippen LogP) is 0.645. The summed E-state index contributed by atoms with van der Waals surface area (Å²) in [5, 5.41) is 20.4. The summed E-state index contributed by atoms with van der Waals surface area (Å²) in [6.07, 6.45) is 0. The third-order valence-corrected chi connectivity index (χ3v) is 2.48. The van der Waals surface area contributed by atoms with Gasteiger partial charge in [0.25, 0.3) is 0 Å². The molecule has 98 valence electrons. The van der Waals surface area contributed by atoms with E-state index in [-0.39, 0.29) is 13.2 Å². The van der Waals surface area contributed by atoms with Gasteiger partial charge in [0.1, 0.15) is 30.4 Å². The first-order valence-electron chi connectivity index (χ1n) is 5.64. The molecule has 6 nitrogen and oxygen atoms in total. The van der Waals surface area contributed by atoms with Crippen LogP contribution < -0.4 is 9.47 Å². The maximum Gasteiger partial charge on any atom is 0.134 e. The van der Waals surface area contributed by atoms with Crippen LogP contribution in [0.1, 0.15) is 5.56 Å². The second-order valence-corrected chi connectivity index (χ2v) is 3.68. The van der Waals surface area contributed by atoms with Crippen LogP contribution in [0.3, 0.4) is 0 Å². The molecule has 0 atom stereocenters. The maximum atomic E-state index is 8.75. The first-order valence-corrected chi connectivity index (χ1v) is 5.64. The Kier molecular flexibility index (Phi) is 4.38. The van der Waals surface area contributed by atoms with Gasteiger partial charge in [0.15, 0.2) is 0 Å². The third-order valence-electron chi connectivity index (χ3n) is 2.48. The average Bonchev–Trinajstić information content (AvgIpc) is 2.80. The van der Waals surface area contributed by atoms with Crippen molar-refractivity contribution in [2.24, 2.45) is 5.16 Å². The topological polar surface area (TPSA) is 80.5 Å². The molecule has 0 saturated carbocycles. The number of ether oxygens (including phenoxy) is 3. The minimum Gasteiger partial charge on any atom is -0.491 e. The highest BCUT2D eigenvalue weighted by atomic mass is 16.5. The molecule has 0 aliphatic carbocycles. The van der Waals surface area contributed by atoms with Crippen LogP contribution in [0.5, 0.6) is 11.5 Å². The Morgan fingerprint density at radius 1 is 1.28 bits per heavy atom. The molecule has 18 heavy (non-hydrogen) atoms. The zero-order valence-electron chi connectivity index (χ0n) is 9.83. The molecule has 2 rings (SSSR count). The molecule has 0 bridgehead atoms. The third kappa shape index (κ3) is 2.91. The number of fused-ring (bicyclic) bond motifs is 1. The Bertz CT molecular complexity index is 432. The fraction of sp³-hybridized carbons (Fsp3) is 0.417. The molecule has 2 N–H and O–H groups in total. The monoisotopic (exact) mass is 253 g/mol. The highest BCUT2D eigenvalue weighted by Gasteiger charge is 2.20. The van der Waals surface area contributed by atoms with Crippen molar-refractivity contribution in [1.29, 1.82) is 0 Å². The smallest absolute Gasteiger partial charge is 0.134 e. The summed E-state index contributed by atoms with van der Waals surface area (Å²) in [6.45, 7) is 1.42. The Morgan fingerprint density at radius 2 is 2.17 bits per heavy atom. The molecule has 0 spiro atoms. The largest absolute Gasteiger partial charge is 0.491 e. The molecule has 1 aromatic rings. The first kappa shape index (κ1) is 12.7.